The molecule has 21 heavy (non-hydrogen) atoms. The van der Waals surface area contributed by atoms with Crippen LogP contribution in [0.3, 0.4) is 0 Å². The Bertz CT molecular complexity index is 481. The zero-order valence-electron chi connectivity index (χ0n) is 13.0. The Kier molecular flexibility index (Phi) is 5.17. The average molecular weight is 290 g/mol. The number of aromatic nitrogens is 1. The van der Waals surface area contributed by atoms with E-state index >= 15 is 0 Å². The molecule has 1 aromatic heterocycles. The van der Waals surface area contributed by atoms with Crippen LogP contribution in [0.2, 0.25) is 0 Å². The second-order valence-corrected chi connectivity index (χ2v) is 6.55. The predicted octanol–water partition coefficient (Wildman–Crippen LogP) is 2.70. The first-order valence-corrected chi connectivity index (χ1v) is 7.75. The first kappa shape index (κ1) is 15.8. The van der Waals surface area contributed by atoms with Crippen molar-refractivity contribution in [3.05, 3.63) is 24.0 Å². The Morgan fingerprint density at radius 2 is 2.14 bits per heavy atom. The molecule has 116 valence electrons. The Morgan fingerprint density at radius 3 is 2.76 bits per heavy atom. The lowest BCUT2D eigenvalue weighted by Crippen LogP contribution is -2.37. The van der Waals surface area contributed by atoms with E-state index in [0.717, 1.165) is 6.54 Å². The summed E-state index contributed by atoms with van der Waals surface area (Å²) in [5, 5.41) is 3.09. The maximum atomic E-state index is 12.4. The van der Waals surface area contributed by atoms with Crippen LogP contribution in [0, 0.1) is 11.3 Å². The normalized spacial score (nSPS) is 17.0. The van der Waals surface area contributed by atoms with E-state index in [9.17, 15) is 4.79 Å². The minimum absolute atomic E-state index is 0.105. The number of amides is 1. The third kappa shape index (κ3) is 3.94. The van der Waals surface area contributed by atoms with E-state index < -0.39 is 0 Å². The highest BCUT2D eigenvalue weighted by Gasteiger charge is 2.34. The molecule has 0 aliphatic heterocycles. The first-order valence-electron chi connectivity index (χ1n) is 7.75. The molecule has 0 aromatic carbocycles. The van der Waals surface area contributed by atoms with Crippen LogP contribution in [-0.4, -0.2) is 17.4 Å². The van der Waals surface area contributed by atoms with E-state index in [-0.39, 0.29) is 11.3 Å². The Labute approximate surface area is 126 Å². The van der Waals surface area contributed by atoms with Crippen LogP contribution in [0.5, 0.6) is 0 Å². The third-order valence-electron chi connectivity index (χ3n) is 4.35. The number of hydrogen-bond donors (Lipinski definition) is 3. The fourth-order valence-corrected chi connectivity index (χ4v) is 3.51. The maximum Gasteiger partial charge on any atom is 0.255 e. The third-order valence-corrected chi connectivity index (χ3v) is 4.35. The molecule has 1 aliphatic rings. The summed E-state index contributed by atoms with van der Waals surface area (Å²) in [4.78, 5) is 16.4. The molecular formula is C16H26N4O. The monoisotopic (exact) mass is 290 g/mol. The highest BCUT2D eigenvalue weighted by molar-refractivity contribution is 5.99. The predicted molar refractivity (Wildman–Crippen MR) is 84.7 cm³/mol. The van der Waals surface area contributed by atoms with Gasteiger partial charge in [0.15, 0.2) is 0 Å². The SMILES string of the molecule is CC(C)CC1(CNC(=O)c2cnccc2NN)CCCC1. The number of nitrogens with two attached hydrogens (primary N) is 1. The summed E-state index contributed by atoms with van der Waals surface area (Å²) in [6, 6.07) is 1.70. The zero-order valence-corrected chi connectivity index (χ0v) is 13.0. The number of hydrazine groups is 1. The number of carbonyl (C=O) groups excluding carboxylic acids is 1. The Balaban J connectivity index is 2.02. The van der Waals surface area contributed by atoms with Gasteiger partial charge >= 0.3 is 0 Å². The molecule has 0 saturated heterocycles. The second kappa shape index (κ2) is 6.89. The maximum absolute atomic E-state index is 12.4. The fourth-order valence-electron chi connectivity index (χ4n) is 3.51. The number of nitrogens with zero attached hydrogens (tertiary/aromatic N) is 1. The van der Waals surface area contributed by atoms with Crippen molar-refractivity contribution >= 4 is 11.6 Å². The van der Waals surface area contributed by atoms with Gasteiger partial charge in [0.1, 0.15) is 0 Å². The molecule has 0 radical (unpaired) electrons. The van der Waals surface area contributed by atoms with E-state index in [1.165, 1.54) is 32.1 Å². The van der Waals surface area contributed by atoms with Crippen LogP contribution < -0.4 is 16.6 Å². The lowest BCUT2D eigenvalue weighted by Gasteiger charge is -2.31. The van der Waals surface area contributed by atoms with Gasteiger partial charge in [-0.15, -0.1) is 0 Å². The molecule has 1 amide bonds. The minimum Gasteiger partial charge on any atom is -0.351 e. The Morgan fingerprint density at radius 1 is 1.43 bits per heavy atom. The summed E-state index contributed by atoms with van der Waals surface area (Å²) < 4.78 is 0. The van der Waals surface area contributed by atoms with Gasteiger partial charge in [0.2, 0.25) is 0 Å². The van der Waals surface area contributed by atoms with Gasteiger partial charge in [0.05, 0.1) is 11.3 Å². The van der Waals surface area contributed by atoms with Gasteiger partial charge in [-0.05, 0) is 36.7 Å². The number of nitrogen functional groups attached to an aromatic ring is 1. The van der Waals surface area contributed by atoms with E-state index in [2.05, 4.69) is 29.6 Å². The second-order valence-electron chi connectivity index (χ2n) is 6.55. The molecule has 1 fully saturated rings. The van der Waals surface area contributed by atoms with Gasteiger partial charge < -0.3 is 10.7 Å². The number of nitrogens with one attached hydrogen (secondary N) is 2. The quantitative estimate of drug-likeness (QED) is 0.556. The number of hydrogen-bond acceptors (Lipinski definition) is 4. The lowest BCUT2D eigenvalue weighted by molar-refractivity contribution is 0.0922. The summed E-state index contributed by atoms with van der Waals surface area (Å²) in [7, 11) is 0. The van der Waals surface area contributed by atoms with E-state index in [1.54, 1.807) is 18.5 Å². The van der Waals surface area contributed by atoms with Crippen molar-refractivity contribution in [2.75, 3.05) is 12.0 Å². The van der Waals surface area contributed by atoms with E-state index in [4.69, 9.17) is 5.84 Å². The molecule has 2 rings (SSSR count). The van der Waals surface area contributed by atoms with Crippen molar-refractivity contribution in [1.82, 2.24) is 10.3 Å². The molecule has 0 unspecified atom stereocenters. The van der Waals surface area contributed by atoms with Crippen LogP contribution in [0.1, 0.15) is 56.3 Å². The van der Waals surface area contributed by atoms with Crippen molar-refractivity contribution in [3.8, 4) is 0 Å². The van der Waals surface area contributed by atoms with Crippen molar-refractivity contribution in [3.63, 3.8) is 0 Å². The molecule has 5 nitrogen and oxygen atoms in total. The van der Waals surface area contributed by atoms with Crippen molar-refractivity contribution in [2.45, 2.75) is 46.0 Å². The van der Waals surface area contributed by atoms with E-state index in [1.807, 2.05) is 0 Å². The number of rotatable bonds is 6. The summed E-state index contributed by atoms with van der Waals surface area (Å²) in [6.07, 6.45) is 9.29. The lowest BCUT2D eigenvalue weighted by atomic mass is 9.78. The van der Waals surface area contributed by atoms with Crippen molar-refractivity contribution in [1.29, 1.82) is 0 Å². The van der Waals surface area contributed by atoms with Gasteiger partial charge in [-0.25, -0.2) is 0 Å². The molecule has 4 N–H and O–H groups in total. The van der Waals surface area contributed by atoms with Crippen molar-refractivity contribution < 1.29 is 4.79 Å². The highest BCUT2D eigenvalue weighted by Crippen LogP contribution is 2.42. The first-order chi connectivity index (χ1) is 10.1. The van der Waals surface area contributed by atoms with Crippen LogP contribution in [0.4, 0.5) is 5.69 Å². The number of pyridine rings is 1. The molecular weight excluding hydrogens is 264 g/mol. The van der Waals surface area contributed by atoms with Gasteiger partial charge in [0.25, 0.3) is 5.91 Å². The van der Waals surface area contributed by atoms with Gasteiger partial charge in [0, 0.05) is 18.9 Å². The molecule has 0 bridgehead atoms. The van der Waals surface area contributed by atoms with Gasteiger partial charge in [-0.1, -0.05) is 26.7 Å². The van der Waals surface area contributed by atoms with Crippen LogP contribution in [0.25, 0.3) is 0 Å². The smallest absolute Gasteiger partial charge is 0.255 e. The molecule has 5 heteroatoms. The zero-order chi connectivity index (χ0) is 15.3. The number of anilines is 1. The summed E-state index contributed by atoms with van der Waals surface area (Å²) in [6.45, 7) is 5.24. The van der Waals surface area contributed by atoms with Gasteiger partial charge in [-0.3, -0.25) is 15.6 Å². The topological polar surface area (TPSA) is 80.0 Å². The highest BCUT2D eigenvalue weighted by atomic mass is 16.1. The minimum atomic E-state index is -0.105. The molecule has 1 heterocycles. The fraction of sp³-hybridized carbons (Fsp3) is 0.625. The average Bonchev–Trinajstić information content (AvgIpc) is 2.92. The molecule has 0 spiro atoms. The molecule has 1 aliphatic carbocycles. The van der Waals surface area contributed by atoms with Crippen LogP contribution in [-0.2, 0) is 0 Å². The summed E-state index contributed by atoms with van der Waals surface area (Å²) >= 11 is 0. The largest absolute Gasteiger partial charge is 0.351 e. The van der Waals surface area contributed by atoms with Crippen LogP contribution >= 0.6 is 0 Å². The van der Waals surface area contributed by atoms with Crippen LogP contribution in [0.15, 0.2) is 18.5 Å². The van der Waals surface area contributed by atoms with Gasteiger partial charge in [-0.2, -0.15) is 0 Å². The molecule has 1 aromatic rings. The summed E-state index contributed by atoms with van der Waals surface area (Å²) in [5.41, 5.74) is 3.91. The Hall–Kier alpha value is -1.62. The molecule has 0 atom stereocenters. The summed E-state index contributed by atoms with van der Waals surface area (Å²) in [5.74, 6) is 5.99. The van der Waals surface area contributed by atoms with E-state index in [0.29, 0.717) is 17.2 Å². The molecule has 1 saturated carbocycles. The standard InChI is InChI=1S/C16H26N4O/c1-12(2)9-16(6-3-4-7-16)11-19-15(21)13-10-18-8-5-14(13)20-17/h5,8,10,12H,3-4,6-7,9,11,17H2,1-2H3,(H,18,20)(H,19,21). The number of carbonyl (C=O) groups is 1. The van der Waals surface area contributed by atoms with Crippen molar-refractivity contribution in [2.24, 2.45) is 17.2 Å².